The van der Waals surface area contributed by atoms with E-state index in [2.05, 4.69) is 30.8 Å². The van der Waals surface area contributed by atoms with Gasteiger partial charge in [-0.15, -0.1) is 15.3 Å². The number of azo groups is 2. The van der Waals surface area contributed by atoms with E-state index in [4.69, 9.17) is 32.7 Å². The number of hydrogen-bond acceptors (Lipinski definition) is 15. The van der Waals surface area contributed by atoms with Gasteiger partial charge in [0.05, 0.1) is 31.2 Å². The van der Waals surface area contributed by atoms with Crippen molar-refractivity contribution in [3.63, 3.8) is 0 Å². The molecule has 368 valence electrons. The van der Waals surface area contributed by atoms with E-state index in [9.17, 15) is 46.1 Å². The number of nitrogens with zero attached hydrogens (tertiary/aromatic N) is 5. The Labute approximate surface area is 457 Å². The van der Waals surface area contributed by atoms with Crippen molar-refractivity contribution in [3.05, 3.63) is 166 Å². The van der Waals surface area contributed by atoms with Crippen molar-refractivity contribution < 1.29 is 55.5 Å². The minimum absolute atomic E-state index is 0. The third-order valence-electron chi connectivity index (χ3n) is 10.6. The molecule has 0 spiro atoms. The molecule has 0 unspecified atom stereocenters. The molecule has 8 aromatic rings. The molecule has 0 atom stereocenters. The van der Waals surface area contributed by atoms with Crippen molar-refractivity contribution in [2.24, 2.45) is 25.4 Å². The summed E-state index contributed by atoms with van der Waals surface area (Å²) in [5, 5.41) is 58.2. The number of amides is 1. The molecule has 0 heterocycles. The van der Waals surface area contributed by atoms with E-state index in [1.54, 1.807) is 111 Å². The van der Waals surface area contributed by atoms with Crippen molar-refractivity contribution in [1.82, 2.24) is 0 Å². The first-order chi connectivity index (χ1) is 34.2. The third kappa shape index (κ3) is 13.1. The molecule has 0 radical (unpaired) electrons. The number of phenols is 1. The maximum Gasteiger partial charge on any atom is 2.00 e. The summed E-state index contributed by atoms with van der Waals surface area (Å²) in [6.07, 6.45) is 0. The van der Waals surface area contributed by atoms with Gasteiger partial charge in [0.2, 0.25) is 0 Å². The molecule has 8 aromatic carbocycles. The summed E-state index contributed by atoms with van der Waals surface area (Å²) in [7, 11) is -6.37. The summed E-state index contributed by atoms with van der Waals surface area (Å²) in [6.45, 7) is 3.24. The maximum atomic E-state index is 13.3. The summed E-state index contributed by atoms with van der Waals surface area (Å²) in [5.41, 5.74) is 0.748. The second-order valence-corrected chi connectivity index (χ2v) is 19.1. The van der Waals surface area contributed by atoms with Gasteiger partial charge in [0, 0.05) is 38.6 Å². The fraction of sp³-hybridized carbons (Fsp3) is 0.0800. The maximum absolute atomic E-state index is 13.3. The van der Waals surface area contributed by atoms with Crippen LogP contribution in [0.2, 0.25) is 10.0 Å². The van der Waals surface area contributed by atoms with E-state index in [1.807, 2.05) is 0 Å². The van der Waals surface area contributed by atoms with Gasteiger partial charge in [-0.2, -0.15) is 21.9 Å². The molecule has 0 saturated carbocycles. The molecule has 73 heavy (non-hydrogen) atoms. The van der Waals surface area contributed by atoms with Crippen molar-refractivity contribution in [2.45, 2.75) is 23.6 Å². The number of nitrogens with one attached hydrogen (secondary N) is 1. The normalized spacial score (nSPS) is 11.9. The number of rotatable bonds is 12. The van der Waals surface area contributed by atoms with Gasteiger partial charge in [-0.3, -0.25) is 18.9 Å². The van der Waals surface area contributed by atoms with E-state index >= 15 is 0 Å². The Morgan fingerprint density at radius 1 is 0.616 bits per heavy atom. The molecule has 0 saturated heterocycles. The fourth-order valence-corrected chi connectivity index (χ4v) is 8.71. The monoisotopic (exact) mass is 1090 g/mol. The third-order valence-corrected chi connectivity index (χ3v) is 13.2. The van der Waals surface area contributed by atoms with Crippen LogP contribution in [0.4, 0.5) is 34.1 Å². The predicted octanol–water partition coefficient (Wildman–Crippen LogP) is 11.0. The molecule has 1 amide bonds. The van der Waals surface area contributed by atoms with Crippen LogP contribution >= 0.6 is 23.2 Å². The summed E-state index contributed by atoms with van der Waals surface area (Å²) in [6, 6.07) is 34.5. The fourth-order valence-electron chi connectivity index (χ4n) is 6.99. The van der Waals surface area contributed by atoms with Gasteiger partial charge in [-0.05, 0) is 108 Å². The second kappa shape index (κ2) is 23.4. The number of benzene rings is 8. The van der Waals surface area contributed by atoms with E-state index < -0.39 is 53.3 Å². The van der Waals surface area contributed by atoms with Crippen molar-refractivity contribution in [2.75, 3.05) is 19.5 Å². The number of anilines is 1. The Balaban J connectivity index is 0.000000235. The minimum Gasteiger partial charge on any atom is -0.871 e. The number of aliphatic imine (C=N–C) groups is 1. The van der Waals surface area contributed by atoms with Crippen LogP contribution in [0.25, 0.3) is 21.5 Å². The molecule has 0 fully saturated rings. The number of aryl methyl sites for hydroxylation is 2. The van der Waals surface area contributed by atoms with Crippen LogP contribution in [0.1, 0.15) is 27.0 Å². The Bertz CT molecular complexity index is 3790. The Hall–Kier alpha value is -6.72. The Kier molecular flexibility index (Phi) is 17.8. The number of carbonyl (C=O) groups excluding carboxylic acids is 1. The number of methoxy groups -OCH3 is 2. The zero-order valence-electron chi connectivity index (χ0n) is 38.7. The number of fused-ring (bicyclic) bond motifs is 2. The first kappa shape index (κ1) is 55.6. The quantitative estimate of drug-likeness (QED) is 0.0292. The van der Waals surface area contributed by atoms with Crippen LogP contribution in [0.3, 0.4) is 0 Å². The molecule has 0 aliphatic carbocycles. The van der Waals surface area contributed by atoms with Crippen LogP contribution in [0.15, 0.2) is 169 Å². The predicted molar refractivity (Wildman–Crippen MR) is 275 cm³/mol. The number of carbonyl (C=O) groups is 1. The van der Waals surface area contributed by atoms with Gasteiger partial charge >= 0.3 is 37.7 Å². The van der Waals surface area contributed by atoms with Crippen LogP contribution in [0.5, 0.6) is 23.0 Å². The molecule has 4 N–H and O–H groups in total. The number of phenolic OH excluding ortho intramolecular Hbond substituents is 1. The molecular formula is C50H38CaCl2N6O12S2. The summed E-state index contributed by atoms with van der Waals surface area (Å²) in [5.74, 6) is -1.57. The average molecular weight is 1090 g/mol. The first-order valence-electron chi connectivity index (χ1n) is 20.9. The van der Waals surface area contributed by atoms with E-state index in [1.165, 1.54) is 38.5 Å². The number of ether oxygens (including phenoxy) is 2. The number of aromatic hydroxyl groups is 1. The SMILES string of the molecule is COc1cccc(N=C([O-])c2cc3ccccc3c(N=Nc3cc(C)c(Cl)cc3S(=O)(=O)O)c2[O-])c1.COc1cccc(NC(=O)c2cc3ccccc3c(N=Nc3cc(C)c(Cl)cc3S(=O)(=O)O)c2O)c1.[Ca+2]. The molecule has 0 aliphatic heterocycles. The van der Waals surface area contributed by atoms with Gasteiger partial charge in [-0.25, -0.2) is 0 Å². The molecular weight excluding hydrogens is 1050 g/mol. The zero-order valence-corrected chi connectivity index (χ0v) is 44.1. The molecule has 8 rings (SSSR count). The number of hydrogen-bond donors (Lipinski definition) is 4. The van der Waals surface area contributed by atoms with Gasteiger partial charge in [-0.1, -0.05) is 89.6 Å². The summed E-state index contributed by atoms with van der Waals surface area (Å²) < 4.78 is 76.9. The van der Waals surface area contributed by atoms with Crippen LogP contribution < -0.4 is 25.0 Å². The van der Waals surface area contributed by atoms with E-state index in [-0.39, 0.29) is 81.7 Å². The molecule has 0 aromatic heterocycles. The van der Waals surface area contributed by atoms with Crippen LogP contribution in [-0.4, -0.2) is 94.8 Å². The van der Waals surface area contributed by atoms with Crippen molar-refractivity contribution in [3.8, 4) is 23.0 Å². The van der Waals surface area contributed by atoms with Crippen LogP contribution in [-0.2, 0) is 20.2 Å². The van der Waals surface area contributed by atoms with Gasteiger partial charge in [0.1, 0.15) is 38.4 Å². The van der Waals surface area contributed by atoms with E-state index in [0.717, 1.165) is 12.1 Å². The van der Waals surface area contributed by atoms with Crippen LogP contribution in [0, 0.1) is 13.8 Å². The first-order valence-corrected chi connectivity index (χ1v) is 24.5. The Morgan fingerprint density at radius 2 is 1.10 bits per heavy atom. The van der Waals surface area contributed by atoms with Gasteiger partial charge < -0.3 is 30.1 Å². The second-order valence-electron chi connectivity index (χ2n) is 15.5. The summed E-state index contributed by atoms with van der Waals surface area (Å²) >= 11 is 12.0. The molecule has 0 bridgehead atoms. The van der Waals surface area contributed by atoms with Gasteiger partial charge in [0.25, 0.3) is 26.1 Å². The minimum atomic E-state index is -4.69. The van der Waals surface area contributed by atoms with E-state index in [0.29, 0.717) is 55.5 Å². The largest absolute Gasteiger partial charge is 2.00 e. The van der Waals surface area contributed by atoms with Crippen molar-refractivity contribution in [1.29, 1.82) is 0 Å². The molecule has 23 heteroatoms. The number of halogens is 2. The van der Waals surface area contributed by atoms with Crippen molar-refractivity contribution >= 4 is 149 Å². The molecule has 0 aliphatic rings. The zero-order chi connectivity index (χ0) is 52.1. The average Bonchev–Trinajstić information content (AvgIpc) is 3.34. The van der Waals surface area contributed by atoms with Gasteiger partial charge in [0.15, 0.2) is 5.75 Å². The Morgan fingerprint density at radius 3 is 1.63 bits per heavy atom. The smallest absolute Gasteiger partial charge is 0.871 e. The summed E-state index contributed by atoms with van der Waals surface area (Å²) in [4.78, 5) is 16.0. The topological polar surface area (TPSA) is 284 Å². The standard InChI is InChI=1S/2C25H20ClN3O6S.Ca/c2*1-14-10-21(22(13-20(14)26)36(32,33)34)28-29-23-18-9-4-3-6-15(18)11-19(24(23)30)25(31)27-16-7-5-8-17(12-16)35-2;/h2*3-13,30H,1-2H3,(H,27,31)(H,32,33,34);/q;;+2/p-2. The molecule has 18 nitrogen and oxygen atoms in total.